The summed E-state index contributed by atoms with van der Waals surface area (Å²) in [7, 11) is -4.18. The van der Waals surface area contributed by atoms with Gasteiger partial charge >= 0.3 is 0 Å². The molecule has 1 N–H and O–H groups in total. The Morgan fingerprint density at radius 2 is 1.69 bits per heavy atom. The van der Waals surface area contributed by atoms with Crippen LogP contribution < -0.4 is 9.62 Å². The van der Waals surface area contributed by atoms with Gasteiger partial charge in [0, 0.05) is 18.1 Å². The lowest BCUT2D eigenvalue weighted by atomic mass is 10.1. The van der Waals surface area contributed by atoms with Crippen LogP contribution in [0.5, 0.6) is 0 Å². The minimum absolute atomic E-state index is 0.0105. The first-order chi connectivity index (χ1) is 18.5. The summed E-state index contributed by atoms with van der Waals surface area (Å²) >= 11 is 6.18. The molecule has 7 nitrogen and oxygen atoms in total. The number of hydrogen-bond acceptors (Lipinski definition) is 4. The van der Waals surface area contributed by atoms with Gasteiger partial charge in [0.2, 0.25) is 11.8 Å². The van der Waals surface area contributed by atoms with Crippen LogP contribution >= 0.6 is 11.6 Å². The first-order valence-electron chi connectivity index (χ1n) is 12.7. The van der Waals surface area contributed by atoms with Crippen molar-refractivity contribution in [2.75, 3.05) is 17.4 Å². The van der Waals surface area contributed by atoms with E-state index in [0.717, 1.165) is 22.7 Å². The van der Waals surface area contributed by atoms with Crippen LogP contribution in [0.2, 0.25) is 5.02 Å². The molecule has 10 heteroatoms. The zero-order valence-electron chi connectivity index (χ0n) is 22.2. The number of rotatable bonds is 12. The van der Waals surface area contributed by atoms with Gasteiger partial charge in [-0.25, -0.2) is 12.8 Å². The summed E-state index contributed by atoms with van der Waals surface area (Å²) < 4.78 is 42.1. The quantitative estimate of drug-likeness (QED) is 0.297. The summed E-state index contributed by atoms with van der Waals surface area (Å²) in [5, 5.41) is 3.13. The maximum atomic E-state index is 13.8. The van der Waals surface area contributed by atoms with Crippen molar-refractivity contribution in [3.8, 4) is 0 Å². The van der Waals surface area contributed by atoms with Crippen molar-refractivity contribution in [2.24, 2.45) is 0 Å². The highest BCUT2D eigenvalue weighted by molar-refractivity contribution is 7.92. The Morgan fingerprint density at radius 1 is 1.03 bits per heavy atom. The smallest absolute Gasteiger partial charge is 0.264 e. The van der Waals surface area contributed by atoms with Crippen LogP contribution in [-0.4, -0.2) is 44.3 Å². The fraction of sp³-hybridized carbons (Fsp3) is 0.310. The summed E-state index contributed by atoms with van der Waals surface area (Å²) in [5.41, 5.74) is 1.68. The second kappa shape index (κ2) is 13.6. The van der Waals surface area contributed by atoms with E-state index < -0.39 is 34.3 Å². The molecule has 0 spiro atoms. The van der Waals surface area contributed by atoms with Crippen LogP contribution in [0, 0.1) is 12.7 Å². The molecule has 0 bridgehead atoms. The van der Waals surface area contributed by atoms with Gasteiger partial charge in [-0.1, -0.05) is 60.8 Å². The molecule has 39 heavy (non-hydrogen) atoms. The van der Waals surface area contributed by atoms with Gasteiger partial charge in [0.25, 0.3) is 10.0 Å². The van der Waals surface area contributed by atoms with Crippen molar-refractivity contribution >= 4 is 39.1 Å². The Balaban J connectivity index is 1.99. The molecular weight excluding hydrogens is 541 g/mol. The second-order valence-electron chi connectivity index (χ2n) is 9.27. The Bertz CT molecular complexity index is 1380. The number of halogens is 2. The molecule has 0 aromatic heterocycles. The van der Waals surface area contributed by atoms with E-state index >= 15 is 0 Å². The monoisotopic (exact) mass is 573 g/mol. The van der Waals surface area contributed by atoms with Crippen LogP contribution in [-0.2, 0) is 26.2 Å². The van der Waals surface area contributed by atoms with Crippen LogP contribution in [0.15, 0.2) is 77.7 Å². The van der Waals surface area contributed by atoms with Crippen LogP contribution in [0.25, 0.3) is 0 Å². The normalized spacial score (nSPS) is 12.0. The molecule has 3 aromatic rings. The van der Waals surface area contributed by atoms with Gasteiger partial charge in [-0.05, 0) is 68.3 Å². The van der Waals surface area contributed by atoms with Gasteiger partial charge in [0.15, 0.2) is 0 Å². The molecule has 0 radical (unpaired) electrons. The lowest BCUT2D eigenvalue weighted by molar-refractivity contribution is -0.139. The summed E-state index contributed by atoms with van der Waals surface area (Å²) in [6.07, 6.45) is 1.67. The van der Waals surface area contributed by atoms with E-state index in [2.05, 4.69) is 5.32 Å². The fourth-order valence-electron chi connectivity index (χ4n) is 3.90. The zero-order chi connectivity index (χ0) is 28.6. The summed E-state index contributed by atoms with van der Waals surface area (Å²) in [6, 6.07) is 17.2. The van der Waals surface area contributed by atoms with Gasteiger partial charge in [-0.15, -0.1) is 0 Å². The van der Waals surface area contributed by atoms with Gasteiger partial charge in [0.1, 0.15) is 18.4 Å². The number of aryl methyl sites for hydroxylation is 1. The number of benzene rings is 3. The highest BCUT2D eigenvalue weighted by atomic mass is 35.5. The predicted molar refractivity (Wildman–Crippen MR) is 151 cm³/mol. The summed E-state index contributed by atoms with van der Waals surface area (Å²) in [6.45, 7) is 5.28. The van der Waals surface area contributed by atoms with Crippen molar-refractivity contribution in [2.45, 2.75) is 51.1 Å². The lowest BCUT2D eigenvalue weighted by Crippen LogP contribution is -2.51. The van der Waals surface area contributed by atoms with Gasteiger partial charge in [-0.3, -0.25) is 13.9 Å². The van der Waals surface area contributed by atoms with Crippen molar-refractivity contribution in [3.05, 3.63) is 94.8 Å². The van der Waals surface area contributed by atoms with E-state index in [9.17, 15) is 22.4 Å². The van der Waals surface area contributed by atoms with Gasteiger partial charge in [-0.2, -0.15) is 0 Å². The highest BCUT2D eigenvalue weighted by Crippen LogP contribution is 2.27. The second-order valence-corrected chi connectivity index (χ2v) is 11.6. The van der Waals surface area contributed by atoms with Crippen molar-refractivity contribution < 1.29 is 22.4 Å². The first-order valence-corrected chi connectivity index (χ1v) is 14.5. The number of sulfonamides is 1. The molecule has 3 rings (SSSR count). The largest absolute Gasteiger partial charge is 0.354 e. The molecule has 0 aliphatic rings. The fourth-order valence-corrected chi connectivity index (χ4v) is 5.49. The number of carbonyl (C=O) groups is 2. The van der Waals surface area contributed by atoms with E-state index in [0.29, 0.717) is 17.1 Å². The predicted octanol–water partition coefficient (Wildman–Crippen LogP) is 5.32. The summed E-state index contributed by atoms with van der Waals surface area (Å²) in [4.78, 5) is 28.1. The molecule has 0 saturated carbocycles. The number of anilines is 1. The van der Waals surface area contributed by atoms with Crippen molar-refractivity contribution in [1.29, 1.82) is 0 Å². The van der Waals surface area contributed by atoms with E-state index in [1.165, 1.54) is 47.4 Å². The Kier molecular flexibility index (Phi) is 10.5. The highest BCUT2D eigenvalue weighted by Gasteiger charge is 2.32. The average molecular weight is 574 g/mol. The maximum Gasteiger partial charge on any atom is 0.264 e. The minimum Gasteiger partial charge on any atom is -0.354 e. The van der Waals surface area contributed by atoms with Crippen LogP contribution in [0.3, 0.4) is 0 Å². The van der Waals surface area contributed by atoms with E-state index in [1.807, 2.05) is 13.8 Å². The number of nitrogens with one attached hydrogen (secondary N) is 1. The molecular formula is C29H33ClFN3O4S. The Morgan fingerprint density at radius 3 is 2.31 bits per heavy atom. The lowest BCUT2D eigenvalue weighted by Gasteiger charge is -2.32. The maximum absolute atomic E-state index is 13.8. The Labute approximate surface area is 234 Å². The molecule has 0 fully saturated rings. The third-order valence-electron chi connectivity index (χ3n) is 6.25. The van der Waals surface area contributed by atoms with Crippen LogP contribution in [0.1, 0.15) is 37.8 Å². The molecule has 3 aromatic carbocycles. The molecule has 0 heterocycles. The topological polar surface area (TPSA) is 86.8 Å². The Hall–Kier alpha value is -3.43. The van der Waals surface area contributed by atoms with Crippen LogP contribution in [0.4, 0.5) is 10.1 Å². The van der Waals surface area contributed by atoms with Gasteiger partial charge in [0.05, 0.1) is 10.6 Å². The van der Waals surface area contributed by atoms with E-state index in [1.54, 1.807) is 37.3 Å². The standard InChI is InChI=1S/C29H33ClFN3O4S/c1-4-5-17-32-29(36)22(3)33(19-23-11-13-25(31)14-12-23)28(35)20-34(26-8-6-7-24(30)18-26)39(37,38)27-15-9-21(2)10-16-27/h6-16,18,22H,4-5,17,19-20H2,1-3H3,(H,32,36)/t22-/m1/s1. The third kappa shape index (κ3) is 8.03. The van der Waals surface area contributed by atoms with Crippen molar-refractivity contribution in [1.82, 2.24) is 10.2 Å². The number of amides is 2. The van der Waals surface area contributed by atoms with Gasteiger partial charge < -0.3 is 10.2 Å². The summed E-state index contributed by atoms with van der Waals surface area (Å²) in [5.74, 6) is -1.40. The number of nitrogens with zero attached hydrogens (tertiary/aromatic N) is 2. The molecule has 0 unspecified atom stereocenters. The first kappa shape index (κ1) is 30.1. The molecule has 0 aliphatic heterocycles. The molecule has 1 atom stereocenters. The zero-order valence-corrected chi connectivity index (χ0v) is 23.8. The third-order valence-corrected chi connectivity index (χ3v) is 8.27. The van der Waals surface area contributed by atoms with E-state index in [-0.39, 0.29) is 23.0 Å². The molecule has 0 aliphatic carbocycles. The SMILES string of the molecule is CCCCNC(=O)[C@@H](C)N(Cc1ccc(F)cc1)C(=O)CN(c1cccc(Cl)c1)S(=O)(=O)c1ccc(C)cc1. The minimum atomic E-state index is -4.18. The molecule has 0 saturated heterocycles. The average Bonchev–Trinajstić information content (AvgIpc) is 2.91. The van der Waals surface area contributed by atoms with Crippen molar-refractivity contribution in [3.63, 3.8) is 0 Å². The number of hydrogen-bond donors (Lipinski definition) is 1. The molecule has 208 valence electrons. The van der Waals surface area contributed by atoms with E-state index in [4.69, 9.17) is 11.6 Å². The number of unbranched alkanes of at least 4 members (excludes halogenated alkanes) is 1. The molecule has 2 amide bonds. The number of carbonyl (C=O) groups excluding carboxylic acids is 2.